The SMILES string of the molecule is O=C(O)CCCC(=O)N1CCc2onc(C(=O)NCc3ccc(F)cc3)c2C1. The molecule has 0 spiro atoms. The van der Waals surface area contributed by atoms with E-state index in [0.717, 1.165) is 5.56 Å². The lowest BCUT2D eigenvalue weighted by atomic mass is 10.0. The molecule has 1 aliphatic heterocycles. The Morgan fingerprint density at radius 1 is 1.21 bits per heavy atom. The lowest BCUT2D eigenvalue weighted by Gasteiger charge is -2.26. The molecule has 0 radical (unpaired) electrons. The molecule has 1 aliphatic rings. The molecule has 0 saturated heterocycles. The highest BCUT2D eigenvalue weighted by Crippen LogP contribution is 2.23. The highest BCUT2D eigenvalue weighted by Gasteiger charge is 2.29. The number of hydrogen-bond donors (Lipinski definition) is 2. The van der Waals surface area contributed by atoms with Crippen LogP contribution in [0.15, 0.2) is 28.8 Å². The summed E-state index contributed by atoms with van der Waals surface area (Å²) >= 11 is 0. The zero-order valence-corrected chi connectivity index (χ0v) is 15.1. The average Bonchev–Trinajstić information content (AvgIpc) is 3.10. The summed E-state index contributed by atoms with van der Waals surface area (Å²) in [5, 5.41) is 15.2. The van der Waals surface area contributed by atoms with Crippen molar-refractivity contribution < 1.29 is 28.4 Å². The van der Waals surface area contributed by atoms with Crippen LogP contribution >= 0.6 is 0 Å². The van der Waals surface area contributed by atoms with Gasteiger partial charge in [-0.25, -0.2) is 4.39 Å². The van der Waals surface area contributed by atoms with Crippen molar-refractivity contribution in [3.8, 4) is 0 Å². The molecule has 0 unspecified atom stereocenters. The third-order valence-electron chi connectivity index (χ3n) is 4.54. The number of hydrogen-bond acceptors (Lipinski definition) is 5. The summed E-state index contributed by atoms with van der Waals surface area (Å²) in [4.78, 5) is 36.9. The van der Waals surface area contributed by atoms with E-state index in [1.54, 1.807) is 17.0 Å². The molecule has 8 nitrogen and oxygen atoms in total. The Kier molecular flexibility index (Phi) is 6.03. The highest BCUT2D eigenvalue weighted by molar-refractivity contribution is 5.94. The highest BCUT2D eigenvalue weighted by atomic mass is 19.1. The molecule has 2 amide bonds. The molecule has 0 fully saturated rings. The van der Waals surface area contributed by atoms with Gasteiger partial charge in [-0.2, -0.15) is 0 Å². The maximum Gasteiger partial charge on any atom is 0.303 e. The Balaban J connectivity index is 1.60. The van der Waals surface area contributed by atoms with Crippen molar-refractivity contribution in [2.75, 3.05) is 6.54 Å². The zero-order chi connectivity index (χ0) is 20.1. The van der Waals surface area contributed by atoms with Crippen LogP contribution in [-0.2, 0) is 29.1 Å². The number of carboxylic acid groups (broad SMARTS) is 1. The second kappa shape index (κ2) is 8.64. The fourth-order valence-corrected chi connectivity index (χ4v) is 3.02. The van der Waals surface area contributed by atoms with Crippen LogP contribution < -0.4 is 5.32 Å². The zero-order valence-electron chi connectivity index (χ0n) is 15.1. The molecule has 1 aromatic heterocycles. The summed E-state index contributed by atoms with van der Waals surface area (Å²) in [5.74, 6) is -1.32. The Labute approximate surface area is 160 Å². The van der Waals surface area contributed by atoms with Gasteiger partial charge in [0.15, 0.2) is 5.69 Å². The second-order valence-corrected chi connectivity index (χ2v) is 6.55. The molecule has 2 heterocycles. The van der Waals surface area contributed by atoms with E-state index in [1.807, 2.05) is 0 Å². The molecule has 0 atom stereocenters. The van der Waals surface area contributed by atoms with Crippen molar-refractivity contribution in [3.05, 3.63) is 52.7 Å². The van der Waals surface area contributed by atoms with Gasteiger partial charge in [-0.1, -0.05) is 17.3 Å². The molecule has 0 saturated carbocycles. The first-order valence-electron chi connectivity index (χ1n) is 8.93. The number of halogens is 1. The number of rotatable bonds is 7. The molecule has 2 aromatic rings. The van der Waals surface area contributed by atoms with Crippen molar-refractivity contribution in [3.63, 3.8) is 0 Å². The number of amides is 2. The standard InChI is InChI=1S/C19H20FN3O5/c20-13-6-4-12(5-7-13)10-21-19(27)18-14-11-23(9-8-15(14)28-22-18)16(24)2-1-3-17(25)26/h4-7H,1-3,8-11H2,(H,21,27)(H,25,26). The van der Waals surface area contributed by atoms with Crippen molar-refractivity contribution >= 4 is 17.8 Å². The Morgan fingerprint density at radius 3 is 2.68 bits per heavy atom. The minimum absolute atomic E-state index is 0.0604. The van der Waals surface area contributed by atoms with Crippen molar-refractivity contribution in [2.45, 2.75) is 38.8 Å². The number of nitrogens with one attached hydrogen (secondary N) is 1. The van der Waals surface area contributed by atoms with Crippen molar-refractivity contribution in [1.29, 1.82) is 0 Å². The minimum atomic E-state index is -0.937. The number of aliphatic carboxylic acids is 1. The average molecular weight is 389 g/mol. The number of carbonyl (C=O) groups is 3. The van der Waals surface area contributed by atoms with E-state index in [1.165, 1.54) is 12.1 Å². The maximum atomic E-state index is 12.9. The third-order valence-corrected chi connectivity index (χ3v) is 4.54. The molecule has 148 valence electrons. The van der Waals surface area contributed by atoms with Crippen LogP contribution in [0.25, 0.3) is 0 Å². The normalized spacial score (nSPS) is 13.1. The van der Waals surface area contributed by atoms with E-state index < -0.39 is 11.9 Å². The van der Waals surface area contributed by atoms with Crippen LogP contribution in [0.1, 0.15) is 46.6 Å². The van der Waals surface area contributed by atoms with Crippen LogP contribution in [0.2, 0.25) is 0 Å². The molecule has 2 N–H and O–H groups in total. The number of carboxylic acids is 1. The van der Waals surface area contributed by atoms with Gasteiger partial charge in [0, 0.05) is 37.9 Å². The largest absolute Gasteiger partial charge is 0.481 e. The van der Waals surface area contributed by atoms with Crippen LogP contribution in [0.3, 0.4) is 0 Å². The Morgan fingerprint density at radius 2 is 1.96 bits per heavy atom. The third kappa shape index (κ3) is 4.73. The predicted molar refractivity (Wildman–Crippen MR) is 94.7 cm³/mol. The number of nitrogens with zero attached hydrogens (tertiary/aromatic N) is 2. The maximum absolute atomic E-state index is 12.9. The quantitative estimate of drug-likeness (QED) is 0.748. The summed E-state index contributed by atoms with van der Waals surface area (Å²) < 4.78 is 18.2. The number of carbonyl (C=O) groups excluding carboxylic acids is 2. The molecule has 0 aliphatic carbocycles. The number of aromatic nitrogens is 1. The fourth-order valence-electron chi connectivity index (χ4n) is 3.02. The van der Waals surface area contributed by atoms with E-state index in [2.05, 4.69) is 10.5 Å². The van der Waals surface area contributed by atoms with Gasteiger partial charge in [0.1, 0.15) is 11.6 Å². The van der Waals surface area contributed by atoms with Crippen molar-refractivity contribution in [1.82, 2.24) is 15.4 Å². The topological polar surface area (TPSA) is 113 Å². The molecule has 1 aromatic carbocycles. The lowest BCUT2D eigenvalue weighted by Crippen LogP contribution is -2.36. The van der Waals surface area contributed by atoms with Gasteiger partial charge >= 0.3 is 5.97 Å². The smallest absolute Gasteiger partial charge is 0.303 e. The van der Waals surface area contributed by atoms with E-state index in [-0.39, 0.29) is 49.8 Å². The predicted octanol–water partition coefficient (Wildman–Crippen LogP) is 1.88. The van der Waals surface area contributed by atoms with Gasteiger partial charge in [0.05, 0.1) is 6.54 Å². The van der Waals surface area contributed by atoms with Gasteiger partial charge in [0.25, 0.3) is 5.91 Å². The van der Waals surface area contributed by atoms with E-state index >= 15 is 0 Å². The molecule has 9 heteroatoms. The molecule has 28 heavy (non-hydrogen) atoms. The van der Waals surface area contributed by atoms with Gasteiger partial charge in [0.2, 0.25) is 5.91 Å². The Hall–Kier alpha value is -3.23. The van der Waals surface area contributed by atoms with Gasteiger partial charge in [-0.15, -0.1) is 0 Å². The molecule has 0 bridgehead atoms. The summed E-state index contributed by atoms with van der Waals surface area (Å²) in [6.07, 6.45) is 0.790. The number of fused-ring (bicyclic) bond motifs is 1. The molecular weight excluding hydrogens is 369 g/mol. The van der Waals surface area contributed by atoms with Crippen LogP contribution in [0.4, 0.5) is 4.39 Å². The number of benzene rings is 1. The summed E-state index contributed by atoms with van der Waals surface area (Å²) in [7, 11) is 0. The first-order valence-corrected chi connectivity index (χ1v) is 8.93. The fraction of sp³-hybridized carbons (Fsp3) is 0.368. The summed E-state index contributed by atoms with van der Waals surface area (Å²) in [5.41, 5.74) is 1.43. The lowest BCUT2D eigenvalue weighted by molar-refractivity contribution is -0.137. The first-order chi connectivity index (χ1) is 13.4. The molecular formula is C19H20FN3O5. The summed E-state index contributed by atoms with van der Waals surface area (Å²) in [6, 6.07) is 5.78. The van der Waals surface area contributed by atoms with E-state index in [0.29, 0.717) is 24.3 Å². The van der Waals surface area contributed by atoms with Crippen LogP contribution in [-0.4, -0.2) is 39.5 Å². The monoisotopic (exact) mass is 389 g/mol. The second-order valence-electron chi connectivity index (χ2n) is 6.55. The first kappa shape index (κ1) is 19.5. The molecule has 3 rings (SSSR count). The Bertz CT molecular complexity index is 878. The van der Waals surface area contributed by atoms with E-state index in [9.17, 15) is 18.8 Å². The van der Waals surface area contributed by atoms with Crippen molar-refractivity contribution in [2.24, 2.45) is 0 Å². The minimum Gasteiger partial charge on any atom is -0.481 e. The summed E-state index contributed by atoms with van der Waals surface area (Å²) in [6.45, 7) is 0.841. The van der Waals surface area contributed by atoms with Gasteiger partial charge < -0.3 is 19.8 Å². The van der Waals surface area contributed by atoms with E-state index in [4.69, 9.17) is 9.63 Å². The van der Waals surface area contributed by atoms with Crippen LogP contribution in [0.5, 0.6) is 0 Å². The van der Waals surface area contributed by atoms with Crippen LogP contribution in [0, 0.1) is 5.82 Å². The van der Waals surface area contributed by atoms with Gasteiger partial charge in [-0.05, 0) is 24.1 Å². The van der Waals surface area contributed by atoms with Gasteiger partial charge in [-0.3, -0.25) is 14.4 Å².